The summed E-state index contributed by atoms with van der Waals surface area (Å²) in [5.41, 5.74) is 0. The van der Waals surface area contributed by atoms with Crippen LogP contribution in [0.15, 0.2) is 12.2 Å². The number of thiocyanates is 2. The minimum Gasteiger partial charge on any atom is -0.185 e. The first kappa shape index (κ1) is 15.4. The maximum Gasteiger partial charge on any atom is 0.133 e. The average Bonchev–Trinajstić information content (AvgIpc) is 2.31. The number of nitrogens with zero attached hydrogens (tertiary/aromatic N) is 2. The molecule has 16 heavy (non-hydrogen) atoms. The van der Waals surface area contributed by atoms with Crippen LogP contribution < -0.4 is 0 Å². The lowest BCUT2D eigenvalue weighted by Gasteiger charge is -1.94. The van der Waals surface area contributed by atoms with Crippen LogP contribution in [0, 0.1) is 21.3 Å². The molecule has 0 fully saturated rings. The molecule has 0 radical (unpaired) electrons. The molecule has 2 nitrogen and oxygen atoms in total. The van der Waals surface area contributed by atoms with Gasteiger partial charge in [-0.15, -0.1) is 0 Å². The molecule has 0 heterocycles. The van der Waals surface area contributed by atoms with Crippen LogP contribution in [0.2, 0.25) is 0 Å². The molecule has 0 N–H and O–H groups in total. The molecule has 0 saturated heterocycles. The van der Waals surface area contributed by atoms with Crippen LogP contribution >= 0.6 is 23.5 Å². The molecular weight excluding hydrogens is 236 g/mol. The molecule has 0 rings (SSSR count). The zero-order valence-corrected chi connectivity index (χ0v) is 11.2. The lowest BCUT2D eigenvalue weighted by molar-refractivity contribution is 0.801. The maximum atomic E-state index is 8.30. The van der Waals surface area contributed by atoms with Gasteiger partial charge in [-0.3, -0.25) is 0 Å². The first-order valence-corrected chi connectivity index (χ1v) is 7.55. The normalized spacial score (nSPS) is 10.1. The first-order chi connectivity index (χ1) is 7.91. The molecule has 0 atom stereocenters. The smallest absolute Gasteiger partial charge is 0.133 e. The maximum absolute atomic E-state index is 8.30. The second-order valence-electron chi connectivity index (χ2n) is 3.34. The number of allylic oxidation sites excluding steroid dienone is 2. The van der Waals surface area contributed by atoms with Crippen molar-refractivity contribution in [2.24, 2.45) is 0 Å². The molecule has 0 spiro atoms. The summed E-state index contributed by atoms with van der Waals surface area (Å²) in [6.45, 7) is 0. The molecular formula is C12H18N2S2. The third-order valence-electron chi connectivity index (χ3n) is 2.03. The summed E-state index contributed by atoms with van der Waals surface area (Å²) in [6, 6.07) is 0. The van der Waals surface area contributed by atoms with Gasteiger partial charge in [0.1, 0.15) is 10.8 Å². The number of rotatable bonds is 10. The summed E-state index contributed by atoms with van der Waals surface area (Å²) < 4.78 is 0. The second kappa shape index (κ2) is 14.4. The zero-order valence-electron chi connectivity index (χ0n) is 9.52. The van der Waals surface area contributed by atoms with Crippen molar-refractivity contribution in [3.63, 3.8) is 0 Å². The molecule has 0 bridgehead atoms. The molecule has 0 aliphatic carbocycles. The van der Waals surface area contributed by atoms with Crippen LogP contribution in [0.5, 0.6) is 0 Å². The highest BCUT2D eigenvalue weighted by Gasteiger charge is 1.88. The van der Waals surface area contributed by atoms with Gasteiger partial charge in [0.25, 0.3) is 0 Å². The SMILES string of the molecule is N#CSCCCC/C=C/CCCCSC#N. The van der Waals surface area contributed by atoms with E-state index in [0.717, 1.165) is 37.2 Å². The molecule has 0 saturated carbocycles. The predicted octanol–water partition coefficient (Wildman–Crippen LogP) is 4.31. The summed E-state index contributed by atoms with van der Waals surface area (Å²) >= 11 is 2.68. The van der Waals surface area contributed by atoms with Crippen molar-refractivity contribution in [3.05, 3.63) is 12.2 Å². The Morgan fingerprint density at radius 2 is 1.19 bits per heavy atom. The van der Waals surface area contributed by atoms with E-state index >= 15 is 0 Å². The minimum atomic E-state index is 0.954. The Balaban J connectivity index is 3.05. The van der Waals surface area contributed by atoms with Gasteiger partial charge in [-0.05, 0) is 62.0 Å². The Labute approximate surface area is 107 Å². The van der Waals surface area contributed by atoms with Crippen molar-refractivity contribution < 1.29 is 0 Å². The third kappa shape index (κ3) is 13.4. The second-order valence-corrected chi connectivity index (χ2v) is 5.10. The standard InChI is InChI=1S/C12H18N2S2/c13-11-15-9-7-5-3-1-2-4-6-8-10-16-12-14/h1-2H,3-10H2/b2-1+. The largest absolute Gasteiger partial charge is 0.185 e. The Morgan fingerprint density at radius 1 is 0.750 bits per heavy atom. The van der Waals surface area contributed by atoms with E-state index in [0.29, 0.717) is 0 Å². The van der Waals surface area contributed by atoms with Crippen molar-refractivity contribution in [3.8, 4) is 10.8 Å². The lowest BCUT2D eigenvalue weighted by atomic mass is 10.2. The molecule has 0 unspecified atom stereocenters. The minimum absolute atomic E-state index is 0.954. The van der Waals surface area contributed by atoms with Gasteiger partial charge in [0.05, 0.1) is 0 Å². The molecule has 0 amide bonds. The lowest BCUT2D eigenvalue weighted by Crippen LogP contribution is -1.79. The van der Waals surface area contributed by atoms with Gasteiger partial charge in [0, 0.05) is 11.5 Å². The van der Waals surface area contributed by atoms with Crippen molar-refractivity contribution in [1.29, 1.82) is 10.5 Å². The van der Waals surface area contributed by atoms with Gasteiger partial charge in [-0.25, -0.2) is 0 Å². The van der Waals surface area contributed by atoms with E-state index in [4.69, 9.17) is 10.5 Å². The highest BCUT2D eigenvalue weighted by molar-refractivity contribution is 8.03. The number of thioether (sulfide) groups is 2. The van der Waals surface area contributed by atoms with Crippen molar-refractivity contribution >= 4 is 23.5 Å². The van der Waals surface area contributed by atoms with Crippen molar-refractivity contribution in [2.45, 2.75) is 38.5 Å². The van der Waals surface area contributed by atoms with Gasteiger partial charge in [-0.1, -0.05) is 12.2 Å². The molecule has 88 valence electrons. The van der Waals surface area contributed by atoms with E-state index < -0.39 is 0 Å². The van der Waals surface area contributed by atoms with Crippen LogP contribution in [0.1, 0.15) is 38.5 Å². The van der Waals surface area contributed by atoms with E-state index in [2.05, 4.69) is 23.0 Å². The predicted molar refractivity (Wildman–Crippen MR) is 73.0 cm³/mol. The highest BCUT2D eigenvalue weighted by atomic mass is 32.2. The molecule has 0 aromatic rings. The molecule has 0 aromatic carbocycles. The first-order valence-electron chi connectivity index (χ1n) is 5.58. The topological polar surface area (TPSA) is 47.6 Å². The van der Waals surface area contributed by atoms with Gasteiger partial charge in [0.2, 0.25) is 0 Å². The number of hydrogen-bond donors (Lipinski definition) is 0. The van der Waals surface area contributed by atoms with Crippen LogP contribution in [0.3, 0.4) is 0 Å². The number of hydrogen-bond acceptors (Lipinski definition) is 4. The monoisotopic (exact) mass is 254 g/mol. The van der Waals surface area contributed by atoms with Gasteiger partial charge < -0.3 is 0 Å². The van der Waals surface area contributed by atoms with Gasteiger partial charge >= 0.3 is 0 Å². The van der Waals surface area contributed by atoms with E-state index in [9.17, 15) is 0 Å². The molecule has 0 aromatic heterocycles. The Hall–Kier alpha value is -0.580. The zero-order chi connectivity index (χ0) is 11.9. The van der Waals surface area contributed by atoms with Crippen molar-refractivity contribution in [1.82, 2.24) is 0 Å². The van der Waals surface area contributed by atoms with Gasteiger partial charge in [-0.2, -0.15) is 10.5 Å². The Bertz CT molecular complexity index is 225. The van der Waals surface area contributed by atoms with Crippen LogP contribution in [0.4, 0.5) is 0 Å². The van der Waals surface area contributed by atoms with Crippen molar-refractivity contribution in [2.75, 3.05) is 11.5 Å². The number of nitriles is 2. The van der Waals surface area contributed by atoms with Crippen LogP contribution in [-0.4, -0.2) is 11.5 Å². The fourth-order valence-corrected chi connectivity index (χ4v) is 2.08. The molecule has 0 aliphatic rings. The fraction of sp³-hybridized carbons (Fsp3) is 0.667. The summed E-state index contributed by atoms with van der Waals surface area (Å²) in [7, 11) is 0. The summed E-state index contributed by atoms with van der Waals surface area (Å²) in [5.74, 6) is 1.91. The fourth-order valence-electron chi connectivity index (χ4n) is 1.20. The highest BCUT2D eigenvalue weighted by Crippen LogP contribution is 2.07. The van der Waals surface area contributed by atoms with E-state index in [1.165, 1.54) is 36.4 Å². The van der Waals surface area contributed by atoms with E-state index in [-0.39, 0.29) is 0 Å². The molecule has 4 heteroatoms. The summed E-state index contributed by atoms with van der Waals surface area (Å²) in [4.78, 5) is 0. The Kier molecular flexibility index (Phi) is 13.9. The van der Waals surface area contributed by atoms with Crippen LogP contribution in [-0.2, 0) is 0 Å². The third-order valence-corrected chi connectivity index (χ3v) is 3.27. The summed E-state index contributed by atoms with van der Waals surface area (Å²) in [5, 5.41) is 20.8. The van der Waals surface area contributed by atoms with E-state index in [1.54, 1.807) is 0 Å². The Morgan fingerprint density at radius 3 is 1.56 bits per heavy atom. The molecule has 0 aliphatic heterocycles. The van der Waals surface area contributed by atoms with Crippen LogP contribution in [0.25, 0.3) is 0 Å². The summed E-state index contributed by atoms with van der Waals surface area (Å²) in [6.07, 6.45) is 11.3. The van der Waals surface area contributed by atoms with E-state index in [1.807, 2.05) is 0 Å². The van der Waals surface area contributed by atoms with Gasteiger partial charge in [0.15, 0.2) is 0 Å². The quantitative estimate of drug-likeness (QED) is 0.331. The average molecular weight is 254 g/mol. The number of unbranched alkanes of at least 4 members (excludes halogenated alkanes) is 4.